The van der Waals surface area contributed by atoms with Gasteiger partial charge in [0.25, 0.3) is 0 Å². The number of amides is 1. The summed E-state index contributed by atoms with van der Waals surface area (Å²) in [5, 5.41) is 11.6. The summed E-state index contributed by atoms with van der Waals surface area (Å²) in [5.74, 6) is -0.499. The zero-order valence-corrected chi connectivity index (χ0v) is 14.4. The largest absolute Gasteiger partial charge is 0.494 e. The molecular weight excluding hydrogens is 310 g/mol. The van der Waals surface area contributed by atoms with E-state index in [0.29, 0.717) is 30.8 Å². The molecule has 1 rings (SSSR count). The van der Waals surface area contributed by atoms with E-state index in [2.05, 4.69) is 5.32 Å². The highest BCUT2D eigenvalue weighted by Gasteiger charge is 2.20. The average Bonchev–Trinajstić information content (AvgIpc) is 2.50. The molecule has 24 heavy (non-hydrogen) atoms. The third-order valence-corrected chi connectivity index (χ3v) is 3.42. The average molecular weight is 335 g/mol. The monoisotopic (exact) mass is 335 g/mol. The summed E-state index contributed by atoms with van der Waals surface area (Å²) >= 11 is 0. The minimum absolute atomic E-state index is 0.00685. The summed E-state index contributed by atoms with van der Waals surface area (Å²) in [6.45, 7) is 5.66. The maximum absolute atomic E-state index is 11.8. The van der Waals surface area contributed by atoms with Crippen molar-refractivity contribution < 1.29 is 24.2 Å². The lowest BCUT2D eigenvalue weighted by Gasteiger charge is -2.16. The van der Waals surface area contributed by atoms with E-state index in [4.69, 9.17) is 9.84 Å². The predicted octanol–water partition coefficient (Wildman–Crippen LogP) is 2.66. The summed E-state index contributed by atoms with van der Waals surface area (Å²) in [7, 11) is 0. The van der Waals surface area contributed by atoms with Gasteiger partial charge in [0.1, 0.15) is 11.8 Å². The lowest BCUT2D eigenvalue weighted by Crippen LogP contribution is -2.41. The molecule has 0 bridgehead atoms. The number of hydrogen-bond acceptors (Lipinski definition) is 4. The molecule has 0 saturated carbocycles. The van der Waals surface area contributed by atoms with Gasteiger partial charge in [-0.25, -0.2) is 4.79 Å². The first kappa shape index (κ1) is 19.7. The van der Waals surface area contributed by atoms with Crippen LogP contribution in [-0.4, -0.2) is 35.4 Å². The van der Waals surface area contributed by atoms with Crippen molar-refractivity contribution in [3.8, 4) is 5.75 Å². The van der Waals surface area contributed by atoms with Crippen molar-refractivity contribution in [2.45, 2.75) is 46.1 Å². The van der Waals surface area contributed by atoms with E-state index in [1.54, 1.807) is 24.3 Å². The van der Waals surface area contributed by atoms with Crippen LogP contribution in [0.25, 0.3) is 0 Å². The van der Waals surface area contributed by atoms with E-state index in [1.807, 2.05) is 13.8 Å². The van der Waals surface area contributed by atoms with Gasteiger partial charge in [-0.15, -0.1) is 0 Å². The van der Waals surface area contributed by atoms with Crippen molar-refractivity contribution in [1.29, 1.82) is 0 Å². The highest BCUT2D eigenvalue weighted by molar-refractivity contribution is 5.94. The van der Waals surface area contributed by atoms with Crippen molar-refractivity contribution in [1.82, 2.24) is 5.32 Å². The van der Waals surface area contributed by atoms with Gasteiger partial charge >= 0.3 is 5.97 Å². The third-order valence-electron chi connectivity index (χ3n) is 3.42. The van der Waals surface area contributed by atoms with Gasteiger partial charge in [-0.3, -0.25) is 9.59 Å². The van der Waals surface area contributed by atoms with Crippen LogP contribution in [0.3, 0.4) is 0 Å². The van der Waals surface area contributed by atoms with Crippen LogP contribution in [0.2, 0.25) is 0 Å². The fourth-order valence-electron chi connectivity index (χ4n) is 2.17. The number of Topliss-reactive ketones (excluding diaryl/α,β-unsaturated/α-hetero) is 1. The second kappa shape index (κ2) is 9.70. The number of carbonyl (C=O) groups excluding carboxylic acids is 2. The lowest BCUT2D eigenvalue weighted by molar-refractivity contribution is -0.142. The number of aliphatic carboxylic acids is 1. The van der Waals surface area contributed by atoms with Gasteiger partial charge in [0.2, 0.25) is 5.91 Å². The number of benzene rings is 1. The molecule has 2 N–H and O–H groups in total. The molecular formula is C18H25NO5. The Hall–Kier alpha value is -2.37. The Labute approximate surface area is 142 Å². The van der Waals surface area contributed by atoms with Crippen LogP contribution in [0, 0.1) is 5.92 Å². The minimum Gasteiger partial charge on any atom is -0.494 e. The summed E-state index contributed by atoms with van der Waals surface area (Å²) in [6, 6.07) is 5.94. The van der Waals surface area contributed by atoms with Gasteiger partial charge < -0.3 is 15.2 Å². The molecule has 6 heteroatoms. The topological polar surface area (TPSA) is 92.7 Å². The van der Waals surface area contributed by atoms with Gasteiger partial charge in [-0.2, -0.15) is 0 Å². The number of carbonyl (C=O) groups is 3. The van der Waals surface area contributed by atoms with E-state index in [-0.39, 0.29) is 24.0 Å². The lowest BCUT2D eigenvalue weighted by atomic mass is 10.0. The van der Waals surface area contributed by atoms with Crippen LogP contribution in [0.5, 0.6) is 5.75 Å². The Bertz CT molecular complexity index is 565. The fraction of sp³-hybridized carbons (Fsp3) is 0.500. The molecule has 0 aliphatic rings. The Balaban J connectivity index is 2.32. The molecule has 1 amide bonds. The second-order valence-electron chi connectivity index (χ2n) is 6.12. The van der Waals surface area contributed by atoms with Crippen LogP contribution in [0.1, 0.15) is 50.4 Å². The van der Waals surface area contributed by atoms with Crippen molar-refractivity contribution in [3.63, 3.8) is 0 Å². The summed E-state index contributed by atoms with van der Waals surface area (Å²) in [4.78, 5) is 34.1. The van der Waals surface area contributed by atoms with E-state index in [1.165, 1.54) is 6.92 Å². The smallest absolute Gasteiger partial charge is 0.326 e. The van der Waals surface area contributed by atoms with Crippen molar-refractivity contribution in [3.05, 3.63) is 29.8 Å². The second-order valence-corrected chi connectivity index (χ2v) is 6.12. The summed E-state index contributed by atoms with van der Waals surface area (Å²) in [6.07, 6.45) is 1.09. The number of rotatable bonds is 10. The van der Waals surface area contributed by atoms with E-state index < -0.39 is 12.0 Å². The summed E-state index contributed by atoms with van der Waals surface area (Å²) in [5.41, 5.74) is 0.617. The Morgan fingerprint density at radius 2 is 1.79 bits per heavy atom. The molecule has 0 aliphatic heterocycles. The zero-order chi connectivity index (χ0) is 18.1. The molecule has 132 valence electrons. The molecule has 0 aromatic heterocycles. The molecule has 0 radical (unpaired) electrons. The number of nitrogens with one attached hydrogen (secondary N) is 1. The van der Waals surface area contributed by atoms with E-state index in [9.17, 15) is 14.4 Å². The highest BCUT2D eigenvalue weighted by atomic mass is 16.5. The normalized spacial score (nSPS) is 11.8. The van der Waals surface area contributed by atoms with Crippen molar-refractivity contribution >= 4 is 17.7 Å². The zero-order valence-electron chi connectivity index (χ0n) is 14.4. The van der Waals surface area contributed by atoms with Gasteiger partial charge in [-0.05, 0) is 49.9 Å². The predicted molar refractivity (Wildman–Crippen MR) is 90.2 cm³/mol. The molecule has 0 saturated heterocycles. The quantitative estimate of drug-likeness (QED) is 0.506. The Morgan fingerprint density at radius 3 is 2.29 bits per heavy atom. The standard InChI is InChI=1S/C18H25NO5/c1-12(2)11-16(18(22)23)19-17(21)5-4-10-24-15-8-6-14(7-9-15)13(3)20/h6-9,12,16H,4-5,10-11H2,1-3H3,(H,19,21)(H,22,23)/t16-/m1/s1. The fourth-order valence-corrected chi connectivity index (χ4v) is 2.17. The number of carboxylic acids is 1. The molecule has 0 aliphatic carbocycles. The Morgan fingerprint density at radius 1 is 1.17 bits per heavy atom. The summed E-state index contributed by atoms with van der Waals surface area (Å²) < 4.78 is 5.50. The Kier molecular flexibility index (Phi) is 7.95. The molecule has 6 nitrogen and oxygen atoms in total. The molecule has 0 fully saturated rings. The molecule has 1 aromatic carbocycles. The SMILES string of the molecule is CC(=O)c1ccc(OCCCC(=O)N[C@H](CC(C)C)C(=O)O)cc1. The highest BCUT2D eigenvalue weighted by Crippen LogP contribution is 2.13. The molecule has 0 heterocycles. The van der Waals surface area contributed by atoms with Gasteiger partial charge in [-0.1, -0.05) is 13.8 Å². The molecule has 0 unspecified atom stereocenters. The number of ether oxygens (including phenoxy) is 1. The molecule has 1 atom stereocenters. The number of carboxylic acid groups (broad SMARTS) is 1. The third kappa shape index (κ3) is 7.26. The first-order valence-corrected chi connectivity index (χ1v) is 8.05. The molecule has 1 aromatic rings. The van der Waals surface area contributed by atoms with Crippen LogP contribution < -0.4 is 10.1 Å². The molecule has 0 spiro atoms. The number of hydrogen-bond donors (Lipinski definition) is 2. The van der Waals surface area contributed by atoms with Crippen LogP contribution in [0.4, 0.5) is 0 Å². The van der Waals surface area contributed by atoms with Crippen molar-refractivity contribution in [2.24, 2.45) is 5.92 Å². The van der Waals surface area contributed by atoms with E-state index in [0.717, 1.165) is 0 Å². The van der Waals surface area contributed by atoms with Crippen LogP contribution in [-0.2, 0) is 9.59 Å². The maximum Gasteiger partial charge on any atom is 0.326 e. The van der Waals surface area contributed by atoms with Gasteiger partial charge in [0.05, 0.1) is 6.61 Å². The first-order chi connectivity index (χ1) is 11.3. The first-order valence-electron chi connectivity index (χ1n) is 8.05. The van der Waals surface area contributed by atoms with E-state index >= 15 is 0 Å². The minimum atomic E-state index is -1.01. The maximum atomic E-state index is 11.8. The van der Waals surface area contributed by atoms with Gasteiger partial charge in [0.15, 0.2) is 5.78 Å². The van der Waals surface area contributed by atoms with Crippen LogP contribution in [0.15, 0.2) is 24.3 Å². The van der Waals surface area contributed by atoms with Crippen molar-refractivity contribution in [2.75, 3.05) is 6.61 Å². The van der Waals surface area contributed by atoms with Crippen LogP contribution >= 0.6 is 0 Å². The van der Waals surface area contributed by atoms with Gasteiger partial charge in [0, 0.05) is 12.0 Å². The number of ketones is 1.